The van der Waals surface area contributed by atoms with Crippen LogP contribution in [0.15, 0.2) is 48.5 Å². The van der Waals surface area contributed by atoms with E-state index in [1.807, 2.05) is 0 Å². The van der Waals surface area contributed by atoms with Crippen molar-refractivity contribution in [2.45, 2.75) is 32.4 Å². The van der Waals surface area contributed by atoms with E-state index in [2.05, 4.69) is 0 Å². The summed E-state index contributed by atoms with van der Waals surface area (Å²) in [5, 5.41) is 0. The molecule has 8 heteroatoms. The summed E-state index contributed by atoms with van der Waals surface area (Å²) in [5.41, 5.74) is 0.976. The van der Waals surface area contributed by atoms with Crippen LogP contribution in [0, 0.1) is 17.6 Å². The fourth-order valence-electron chi connectivity index (χ4n) is 3.75. The molecule has 170 valence electrons. The first-order valence-corrected chi connectivity index (χ1v) is 10.5. The van der Waals surface area contributed by atoms with Crippen LogP contribution in [-0.2, 0) is 20.9 Å². The van der Waals surface area contributed by atoms with Crippen molar-refractivity contribution in [2.24, 2.45) is 5.92 Å². The molecule has 0 aliphatic carbocycles. The van der Waals surface area contributed by atoms with E-state index in [0.717, 1.165) is 0 Å². The third-order valence-corrected chi connectivity index (χ3v) is 5.46. The van der Waals surface area contributed by atoms with Gasteiger partial charge in [0.2, 0.25) is 0 Å². The Kier molecular flexibility index (Phi) is 7.56. The first-order valence-electron chi connectivity index (χ1n) is 10.5. The summed E-state index contributed by atoms with van der Waals surface area (Å²) < 4.78 is 31.9. The van der Waals surface area contributed by atoms with Crippen molar-refractivity contribution in [3.05, 3.63) is 71.3 Å². The highest BCUT2D eigenvalue weighted by Gasteiger charge is 2.32. The number of benzene rings is 2. The average Bonchev–Trinajstić information content (AvgIpc) is 2.78. The highest BCUT2D eigenvalue weighted by Crippen LogP contribution is 2.21. The Balaban J connectivity index is 1.55. The lowest BCUT2D eigenvalue weighted by Crippen LogP contribution is -2.44. The molecule has 1 fully saturated rings. The van der Waals surface area contributed by atoms with Crippen LogP contribution in [0.2, 0.25) is 0 Å². The summed E-state index contributed by atoms with van der Waals surface area (Å²) in [6.45, 7) is 2.34. The van der Waals surface area contributed by atoms with Crippen LogP contribution in [0.25, 0.3) is 0 Å². The molecule has 2 atom stereocenters. The van der Waals surface area contributed by atoms with Crippen LogP contribution in [0.5, 0.6) is 0 Å². The Morgan fingerprint density at radius 1 is 1.12 bits per heavy atom. The van der Waals surface area contributed by atoms with E-state index in [9.17, 15) is 23.2 Å². The SMILES string of the molecule is CC(OC(=O)C1CCCN(C(=O)c2ccc(F)cc2)C1)C(=O)N(C)Cc1cccc(F)c1. The van der Waals surface area contributed by atoms with Crippen molar-refractivity contribution < 1.29 is 27.9 Å². The van der Waals surface area contributed by atoms with Crippen LogP contribution in [0.4, 0.5) is 8.78 Å². The minimum Gasteiger partial charge on any atom is -0.452 e. The molecule has 2 aromatic rings. The molecule has 2 amide bonds. The lowest BCUT2D eigenvalue weighted by Gasteiger charge is -2.32. The summed E-state index contributed by atoms with van der Waals surface area (Å²) in [6, 6.07) is 11.2. The summed E-state index contributed by atoms with van der Waals surface area (Å²) >= 11 is 0. The second-order valence-corrected chi connectivity index (χ2v) is 8.00. The largest absolute Gasteiger partial charge is 0.452 e. The van der Waals surface area contributed by atoms with Crippen LogP contribution in [0.3, 0.4) is 0 Å². The summed E-state index contributed by atoms with van der Waals surface area (Å²) in [5.74, 6) is -2.58. The highest BCUT2D eigenvalue weighted by molar-refractivity contribution is 5.94. The maximum atomic E-state index is 13.4. The van der Waals surface area contributed by atoms with E-state index in [1.54, 1.807) is 24.1 Å². The van der Waals surface area contributed by atoms with Crippen molar-refractivity contribution in [3.63, 3.8) is 0 Å². The average molecular weight is 444 g/mol. The van der Waals surface area contributed by atoms with Gasteiger partial charge in [-0.2, -0.15) is 0 Å². The molecule has 3 rings (SSSR count). The molecule has 1 aliphatic heterocycles. The van der Waals surface area contributed by atoms with Gasteiger partial charge in [0.05, 0.1) is 5.92 Å². The Morgan fingerprint density at radius 2 is 1.84 bits per heavy atom. The van der Waals surface area contributed by atoms with Crippen LogP contribution >= 0.6 is 0 Å². The van der Waals surface area contributed by atoms with Crippen molar-refractivity contribution in [3.8, 4) is 0 Å². The van der Waals surface area contributed by atoms with Gasteiger partial charge in [0.1, 0.15) is 11.6 Å². The van der Waals surface area contributed by atoms with Gasteiger partial charge >= 0.3 is 5.97 Å². The van der Waals surface area contributed by atoms with Crippen molar-refractivity contribution in [2.75, 3.05) is 20.1 Å². The zero-order valence-corrected chi connectivity index (χ0v) is 18.1. The number of likely N-dealkylation sites (N-methyl/N-ethyl adjacent to an activating group) is 1. The number of likely N-dealkylation sites (tertiary alicyclic amines) is 1. The topological polar surface area (TPSA) is 66.9 Å². The molecule has 1 aliphatic rings. The Hall–Kier alpha value is -3.29. The highest BCUT2D eigenvalue weighted by atomic mass is 19.1. The van der Waals surface area contributed by atoms with E-state index in [-0.39, 0.29) is 24.8 Å². The van der Waals surface area contributed by atoms with Gasteiger partial charge in [-0.3, -0.25) is 14.4 Å². The van der Waals surface area contributed by atoms with Crippen molar-refractivity contribution >= 4 is 17.8 Å². The molecule has 32 heavy (non-hydrogen) atoms. The minimum absolute atomic E-state index is 0.176. The van der Waals surface area contributed by atoms with E-state index in [0.29, 0.717) is 30.5 Å². The smallest absolute Gasteiger partial charge is 0.311 e. The predicted octanol–water partition coefficient (Wildman–Crippen LogP) is 3.41. The zero-order valence-electron chi connectivity index (χ0n) is 18.1. The Morgan fingerprint density at radius 3 is 2.53 bits per heavy atom. The molecule has 0 spiro atoms. The summed E-state index contributed by atoms with van der Waals surface area (Å²) in [6.07, 6.45) is 0.157. The molecule has 2 aromatic carbocycles. The van der Waals surface area contributed by atoms with Gasteiger partial charge in [-0.15, -0.1) is 0 Å². The molecule has 0 radical (unpaired) electrons. The molecular formula is C24H26F2N2O4. The number of halogens is 2. The van der Waals surface area contributed by atoms with Gasteiger partial charge < -0.3 is 14.5 Å². The van der Waals surface area contributed by atoms with E-state index in [1.165, 1.54) is 48.2 Å². The lowest BCUT2D eigenvalue weighted by atomic mass is 9.97. The fourth-order valence-corrected chi connectivity index (χ4v) is 3.75. The zero-order chi connectivity index (χ0) is 23.3. The number of piperidine rings is 1. The van der Waals surface area contributed by atoms with Crippen LogP contribution in [-0.4, -0.2) is 53.8 Å². The minimum atomic E-state index is -1.01. The number of amides is 2. The first-order chi connectivity index (χ1) is 15.2. The fraction of sp³-hybridized carbons (Fsp3) is 0.375. The molecule has 0 aromatic heterocycles. The molecule has 2 unspecified atom stereocenters. The number of carbonyl (C=O) groups is 3. The number of rotatable bonds is 6. The number of hydrogen-bond donors (Lipinski definition) is 0. The third-order valence-electron chi connectivity index (χ3n) is 5.46. The molecule has 1 saturated heterocycles. The number of esters is 1. The van der Waals surface area contributed by atoms with Gasteiger partial charge in [0, 0.05) is 32.2 Å². The predicted molar refractivity (Wildman–Crippen MR) is 113 cm³/mol. The van der Waals surface area contributed by atoms with E-state index >= 15 is 0 Å². The first kappa shape index (κ1) is 23.4. The molecule has 0 saturated carbocycles. The molecule has 0 N–H and O–H groups in total. The molecule has 1 heterocycles. The van der Waals surface area contributed by atoms with Gasteiger partial charge in [0.15, 0.2) is 6.10 Å². The quantitative estimate of drug-likeness (QED) is 0.641. The second kappa shape index (κ2) is 10.3. The van der Waals surface area contributed by atoms with Gasteiger partial charge in [-0.05, 0) is 61.7 Å². The van der Waals surface area contributed by atoms with Gasteiger partial charge in [-0.1, -0.05) is 12.1 Å². The second-order valence-electron chi connectivity index (χ2n) is 8.00. The molecule has 0 bridgehead atoms. The monoisotopic (exact) mass is 444 g/mol. The van der Waals surface area contributed by atoms with E-state index < -0.39 is 29.7 Å². The van der Waals surface area contributed by atoms with Crippen LogP contribution < -0.4 is 0 Å². The number of carbonyl (C=O) groups excluding carboxylic acids is 3. The summed E-state index contributed by atoms with van der Waals surface area (Å²) in [4.78, 5) is 40.8. The van der Waals surface area contributed by atoms with Crippen LogP contribution in [0.1, 0.15) is 35.7 Å². The normalized spacial score (nSPS) is 16.9. The van der Waals surface area contributed by atoms with E-state index in [4.69, 9.17) is 4.74 Å². The lowest BCUT2D eigenvalue weighted by molar-refractivity contribution is -0.163. The van der Waals surface area contributed by atoms with Gasteiger partial charge in [-0.25, -0.2) is 8.78 Å². The Bertz CT molecular complexity index is 980. The summed E-state index contributed by atoms with van der Waals surface area (Å²) in [7, 11) is 1.56. The number of nitrogens with zero attached hydrogens (tertiary/aromatic N) is 2. The molecule has 6 nitrogen and oxygen atoms in total. The van der Waals surface area contributed by atoms with Crippen molar-refractivity contribution in [1.82, 2.24) is 9.80 Å². The maximum absolute atomic E-state index is 13.4. The van der Waals surface area contributed by atoms with Crippen molar-refractivity contribution in [1.29, 1.82) is 0 Å². The Labute approximate surface area is 185 Å². The maximum Gasteiger partial charge on any atom is 0.311 e. The third kappa shape index (κ3) is 5.90. The number of ether oxygens (including phenoxy) is 1. The molecular weight excluding hydrogens is 418 g/mol. The van der Waals surface area contributed by atoms with Gasteiger partial charge in [0.25, 0.3) is 11.8 Å². The standard InChI is InChI=1S/C24H26F2N2O4/c1-16(22(29)27(2)14-17-5-3-7-21(26)13-17)32-24(31)19-6-4-12-28(15-19)23(30)18-8-10-20(25)11-9-18/h3,5,7-11,13,16,19H,4,6,12,14-15H2,1-2H3. The number of hydrogen-bond acceptors (Lipinski definition) is 4.